The van der Waals surface area contributed by atoms with Crippen molar-refractivity contribution in [2.24, 2.45) is 0 Å². The summed E-state index contributed by atoms with van der Waals surface area (Å²) in [5.74, 6) is -0.140. The smallest absolute Gasteiger partial charge is 0.272 e. The number of phenols is 1. The van der Waals surface area contributed by atoms with E-state index in [4.69, 9.17) is 0 Å². The Balaban J connectivity index is 2.02. The van der Waals surface area contributed by atoms with E-state index in [-0.39, 0.29) is 23.7 Å². The third-order valence-corrected chi connectivity index (χ3v) is 3.59. The number of amides is 1. The number of nitrogens with zero attached hydrogens (tertiary/aromatic N) is 1. The van der Waals surface area contributed by atoms with Gasteiger partial charge in [-0.1, -0.05) is 32.9 Å². The molecule has 0 radical (unpaired) electrons. The highest BCUT2D eigenvalue weighted by Crippen LogP contribution is 2.20. The summed E-state index contributed by atoms with van der Waals surface area (Å²) in [6, 6.07) is 7.99. The van der Waals surface area contributed by atoms with E-state index >= 15 is 0 Å². The van der Waals surface area contributed by atoms with Crippen LogP contribution >= 0.6 is 0 Å². The molecule has 6 nitrogen and oxygen atoms in total. The van der Waals surface area contributed by atoms with Gasteiger partial charge in [0.2, 0.25) is 0 Å². The molecule has 0 spiro atoms. The van der Waals surface area contributed by atoms with Crippen LogP contribution < -0.4 is 5.32 Å². The highest BCUT2D eigenvalue weighted by atomic mass is 16.3. The number of hydrogen-bond donors (Lipinski definition) is 4. The lowest BCUT2D eigenvalue weighted by atomic mass is 9.92. The summed E-state index contributed by atoms with van der Waals surface area (Å²) >= 11 is 0. The van der Waals surface area contributed by atoms with E-state index in [1.807, 2.05) is 20.8 Å². The van der Waals surface area contributed by atoms with Crippen LogP contribution in [0, 0.1) is 0 Å². The molecule has 23 heavy (non-hydrogen) atoms. The van der Waals surface area contributed by atoms with Crippen molar-refractivity contribution < 1.29 is 15.0 Å². The first-order valence-electron chi connectivity index (χ1n) is 7.55. The van der Waals surface area contributed by atoms with Crippen LogP contribution in [-0.2, 0) is 11.8 Å². The zero-order valence-electron chi connectivity index (χ0n) is 13.6. The van der Waals surface area contributed by atoms with Gasteiger partial charge in [0.1, 0.15) is 11.4 Å². The van der Waals surface area contributed by atoms with Crippen LogP contribution in [0.3, 0.4) is 0 Å². The zero-order valence-corrected chi connectivity index (χ0v) is 13.6. The molecule has 2 aromatic rings. The number of hydrogen-bond acceptors (Lipinski definition) is 4. The first-order chi connectivity index (χ1) is 10.8. The van der Waals surface area contributed by atoms with Crippen molar-refractivity contribution in [3.8, 4) is 5.75 Å². The highest BCUT2D eigenvalue weighted by Gasteiger charge is 2.21. The second-order valence-corrected chi connectivity index (χ2v) is 6.64. The molecule has 0 saturated heterocycles. The maximum absolute atomic E-state index is 12.3. The Morgan fingerprint density at radius 1 is 1.30 bits per heavy atom. The molecule has 1 atom stereocenters. The normalized spacial score (nSPS) is 12.9. The predicted molar refractivity (Wildman–Crippen MR) is 87.4 cm³/mol. The largest absolute Gasteiger partial charge is 0.508 e. The molecule has 1 amide bonds. The van der Waals surface area contributed by atoms with E-state index in [1.165, 1.54) is 0 Å². The number of aliphatic hydroxyl groups excluding tert-OH is 1. The van der Waals surface area contributed by atoms with Crippen molar-refractivity contribution in [2.45, 2.75) is 38.6 Å². The minimum atomic E-state index is -0.415. The number of carbonyl (C=O) groups is 1. The van der Waals surface area contributed by atoms with Crippen molar-refractivity contribution in [1.82, 2.24) is 15.5 Å². The lowest BCUT2D eigenvalue weighted by molar-refractivity contribution is 0.0911. The minimum Gasteiger partial charge on any atom is -0.508 e. The second kappa shape index (κ2) is 6.83. The van der Waals surface area contributed by atoms with E-state index in [1.54, 1.807) is 30.3 Å². The molecule has 2 rings (SSSR count). The number of aromatic nitrogens is 2. The lowest BCUT2D eigenvalue weighted by Crippen LogP contribution is -2.39. The quantitative estimate of drug-likeness (QED) is 0.675. The fourth-order valence-electron chi connectivity index (χ4n) is 2.16. The van der Waals surface area contributed by atoms with Crippen LogP contribution in [0.2, 0.25) is 0 Å². The average Bonchev–Trinajstić information content (AvgIpc) is 2.99. The van der Waals surface area contributed by atoms with Crippen molar-refractivity contribution in [2.75, 3.05) is 6.61 Å². The predicted octanol–water partition coefficient (Wildman–Crippen LogP) is 1.75. The number of benzene rings is 1. The molecule has 4 N–H and O–H groups in total. The Labute approximate surface area is 135 Å². The van der Waals surface area contributed by atoms with Gasteiger partial charge in [0.05, 0.1) is 12.6 Å². The van der Waals surface area contributed by atoms with Crippen molar-refractivity contribution in [1.29, 1.82) is 0 Å². The van der Waals surface area contributed by atoms with Gasteiger partial charge in [0.25, 0.3) is 5.91 Å². The number of phenolic OH excluding ortho intramolecular Hbond substituents is 1. The Hall–Kier alpha value is -2.34. The van der Waals surface area contributed by atoms with Crippen LogP contribution in [0.25, 0.3) is 0 Å². The minimum absolute atomic E-state index is 0.117. The first-order valence-corrected chi connectivity index (χ1v) is 7.55. The van der Waals surface area contributed by atoms with Crippen molar-refractivity contribution in [3.05, 3.63) is 47.3 Å². The summed E-state index contributed by atoms with van der Waals surface area (Å²) in [6.45, 7) is 5.92. The number of aromatic hydroxyl groups is 1. The number of aromatic amines is 1. The topological polar surface area (TPSA) is 98.2 Å². The van der Waals surface area contributed by atoms with Gasteiger partial charge in [-0.2, -0.15) is 5.10 Å². The number of carbonyl (C=O) groups excluding carboxylic acids is 1. The van der Waals surface area contributed by atoms with Gasteiger partial charge in [-0.25, -0.2) is 0 Å². The molecule has 0 aliphatic heterocycles. The molecular formula is C17H23N3O3. The lowest BCUT2D eigenvalue weighted by Gasteiger charge is -2.16. The maximum atomic E-state index is 12.3. The van der Waals surface area contributed by atoms with E-state index in [0.29, 0.717) is 12.1 Å². The van der Waals surface area contributed by atoms with E-state index < -0.39 is 6.04 Å². The number of H-pyrrole nitrogens is 1. The number of aliphatic hydroxyl groups is 1. The summed E-state index contributed by atoms with van der Waals surface area (Å²) in [4.78, 5) is 12.3. The Kier molecular flexibility index (Phi) is 5.05. The van der Waals surface area contributed by atoms with Gasteiger partial charge >= 0.3 is 0 Å². The summed E-state index contributed by atoms with van der Waals surface area (Å²) in [6.07, 6.45) is 0.471. The maximum Gasteiger partial charge on any atom is 0.272 e. The fourth-order valence-corrected chi connectivity index (χ4v) is 2.16. The Bertz CT molecular complexity index is 656. The Morgan fingerprint density at radius 2 is 1.96 bits per heavy atom. The van der Waals surface area contributed by atoms with Crippen LogP contribution in [0.15, 0.2) is 30.3 Å². The molecule has 0 fully saturated rings. The molecule has 0 unspecified atom stereocenters. The molecule has 0 bridgehead atoms. The second-order valence-electron chi connectivity index (χ2n) is 6.64. The summed E-state index contributed by atoms with van der Waals surface area (Å²) in [5.41, 5.74) is 1.98. The highest BCUT2D eigenvalue weighted by molar-refractivity contribution is 5.92. The van der Waals surface area contributed by atoms with Crippen LogP contribution in [0.4, 0.5) is 0 Å². The molecule has 1 heterocycles. The first kappa shape index (κ1) is 17.0. The van der Waals surface area contributed by atoms with Crippen LogP contribution in [-0.4, -0.2) is 39.0 Å². The van der Waals surface area contributed by atoms with Crippen LogP contribution in [0.1, 0.15) is 42.5 Å². The van der Waals surface area contributed by atoms with Gasteiger partial charge in [0.15, 0.2) is 0 Å². The average molecular weight is 317 g/mol. The van der Waals surface area contributed by atoms with Gasteiger partial charge in [-0.3, -0.25) is 9.89 Å². The monoisotopic (exact) mass is 317 g/mol. The molecule has 6 heteroatoms. The number of rotatable bonds is 5. The third kappa shape index (κ3) is 4.56. The molecule has 0 aliphatic rings. The van der Waals surface area contributed by atoms with E-state index in [0.717, 1.165) is 11.3 Å². The van der Waals surface area contributed by atoms with Gasteiger partial charge in [-0.15, -0.1) is 0 Å². The molecular weight excluding hydrogens is 294 g/mol. The number of nitrogens with one attached hydrogen (secondary N) is 2. The fraction of sp³-hybridized carbons (Fsp3) is 0.412. The SMILES string of the molecule is CC(C)(C)c1cc(C(=O)N[C@H](CO)Cc2ccc(O)cc2)n[nH]1. The molecule has 1 aromatic carbocycles. The molecule has 0 aliphatic carbocycles. The van der Waals surface area contributed by atoms with Gasteiger partial charge in [0, 0.05) is 11.1 Å². The molecule has 1 aromatic heterocycles. The van der Waals surface area contributed by atoms with Gasteiger partial charge in [-0.05, 0) is 30.2 Å². The van der Waals surface area contributed by atoms with Crippen LogP contribution in [0.5, 0.6) is 5.75 Å². The summed E-state index contributed by atoms with van der Waals surface area (Å²) in [7, 11) is 0. The molecule has 124 valence electrons. The summed E-state index contributed by atoms with van der Waals surface area (Å²) < 4.78 is 0. The van der Waals surface area contributed by atoms with Crippen molar-refractivity contribution >= 4 is 5.91 Å². The van der Waals surface area contributed by atoms with Crippen molar-refractivity contribution in [3.63, 3.8) is 0 Å². The summed E-state index contributed by atoms with van der Waals surface area (Å²) in [5, 5.41) is 28.4. The molecule has 0 saturated carbocycles. The zero-order chi connectivity index (χ0) is 17.0. The van der Waals surface area contributed by atoms with E-state index in [9.17, 15) is 15.0 Å². The third-order valence-electron chi connectivity index (χ3n) is 3.59. The Morgan fingerprint density at radius 3 is 2.48 bits per heavy atom. The van der Waals surface area contributed by atoms with E-state index in [2.05, 4.69) is 15.5 Å². The van der Waals surface area contributed by atoms with Gasteiger partial charge < -0.3 is 15.5 Å². The standard InChI is InChI=1S/C17H23N3O3/c1-17(2,3)15-9-14(19-20-15)16(23)18-12(10-21)8-11-4-6-13(22)7-5-11/h4-7,9,12,21-22H,8,10H2,1-3H3,(H,18,23)(H,19,20)/t12-/m0/s1.